The highest BCUT2D eigenvalue weighted by molar-refractivity contribution is 4.70. The molecular weight excluding hydrogens is 224 g/mol. The molecule has 0 aromatic carbocycles. The van der Waals surface area contributed by atoms with E-state index in [-0.39, 0.29) is 0 Å². The van der Waals surface area contributed by atoms with E-state index in [4.69, 9.17) is 4.74 Å². The van der Waals surface area contributed by atoms with Crippen molar-refractivity contribution in [2.45, 2.75) is 52.0 Å². The maximum Gasteiger partial charge on any atom is 0.0619 e. The molecule has 0 amide bonds. The maximum absolute atomic E-state index is 5.82. The summed E-state index contributed by atoms with van der Waals surface area (Å²) in [5, 5.41) is 0. The Bertz CT molecular complexity index is 193. The lowest BCUT2D eigenvalue weighted by molar-refractivity contribution is 0.0490. The molecule has 3 nitrogen and oxygen atoms in total. The molecule has 0 saturated carbocycles. The molecule has 108 valence electrons. The quantitative estimate of drug-likeness (QED) is 0.590. The van der Waals surface area contributed by atoms with Crippen LogP contribution < -0.4 is 0 Å². The summed E-state index contributed by atoms with van der Waals surface area (Å²) in [6.07, 6.45) is 6.71. The summed E-state index contributed by atoms with van der Waals surface area (Å²) < 4.78 is 5.82. The van der Waals surface area contributed by atoms with Crippen molar-refractivity contribution in [1.82, 2.24) is 9.80 Å². The lowest BCUT2D eigenvalue weighted by Gasteiger charge is -2.32. The van der Waals surface area contributed by atoms with Crippen LogP contribution in [0.3, 0.4) is 0 Å². The number of hydrogen-bond donors (Lipinski definition) is 0. The predicted molar refractivity (Wildman–Crippen MR) is 78.1 cm³/mol. The van der Waals surface area contributed by atoms with Crippen LogP contribution in [0, 0.1) is 0 Å². The molecule has 0 N–H and O–H groups in total. The average Bonchev–Trinajstić information content (AvgIpc) is 2.42. The Balaban J connectivity index is 1.99. The summed E-state index contributed by atoms with van der Waals surface area (Å²) in [7, 11) is 2.19. The van der Waals surface area contributed by atoms with Gasteiger partial charge in [-0.25, -0.2) is 0 Å². The molecule has 0 aliphatic carbocycles. The zero-order valence-electron chi connectivity index (χ0n) is 12.7. The van der Waals surface area contributed by atoms with E-state index in [1.54, 1.807) is 0 Å². The zero-order valence-corrected chi connectivity index (χ0v) is 12.7. The standard InChI is InChI=1S/C15H32N2O/c1-4-5-9-16(3)12-13-18-14-15(2)17-10-7-6-8-11-17/h15H,4-14H2,1-3H3. The minimum Gasteiger partial charge on any atom is -0.379 e. The first-order valence-corrected chi connectivity index (χ1v) is 7.74. The fraction of sp³-hybridized carbons (Fsp3) is 1.00. The monoisotopic (exact) mass is 256 g/mol. The second-order valence-corrected chi connectivity index (χ2v) is 5.68. The van der Waals surface area contributed by atoms with Gasteiger partial charge in [0.1, 0.15) is 0 Å². The topological polar surface area (TPSA) is 15.7 Å². The number of ether oxygens (including phenoxy) is 1. The number of likely N-dealkylation sites (N-methyl/N-ethyl adjacent to an activating group) is 1. The Morgan fingerprint density at radius 3 is 2.56 bits per heavy atom. The van der Waals surface area contributed by atoms with Crippen molar-refractivity contribution in [3.05, 3.63) is 0 Å². The van der Waals surface area contributed by atoms with Crippen LogP contribution in [0.2, 0.25) is 0 Å². The summed E-state index contributed by atoms with van der Waals surface area (Å²) in [4.78, 5) is 4.94. The molecule has 1 saturated heterocycles. The fourth-order valence-corrected chi connectivity index (χ4v) is 2.48. The van der Waals surface area contributed by atoms with Gasteiger partial charge in [0, 0.05) is 12.6 Å². The van der Waals surface area contributed by atoms with Crippen molar-refractivity contribution in [3.63, 3.8) is 0 Å². The van der Waals surface area contributed by atoms with Gasteiger partial charge in [-0.05, 0) is 52.9 Å². The Kier molecular flexibility index (Phi) is 8.64. The molecule has 18 heavy (non-hydrogen) atoms. The Morgan fingerprint density at radius 2 is 1.89 bits per heavy atom. The Hall–Kier alpha value is -0.120. The highest BCUT2D eigenvalue weighted by Gasteiger charge is 2.16. The SMILES string of the molecule is CCCCN(C)CCOCC(C)N1CCCCC1. The summed E-state index contributed by atoms with van der Waals surface area (Å²) >= 11 is 0. The molecular formula is C15H32N2O. The second-order valence-electron chi connectivity index (χ2n) is 5.68. The van der Waals surface area contributed by atoms with E-state index in [1.165, 1.54) is 51.7 Å². The highest BCUT2D eigenvalue weighted by Crippen LogP contribution is 2.12. The number of piperidine rings is 1. The Labute approximate surface area is 113 Å². The van der Waals surface area contributed by atoms with Gasteiger partial charge in [-0.3, -0.25) is 4.90 Å². The summed E-state index contributed by atoms with van der Waals surface area (Å²) in [6.45, 7) is 11.1. The number of nitrogens with zero attached hydrogens (tertiary/aromatic N) is 2. The maximum atomic E-state index is 5.82. The normalized spacial score (nSPS) is 19.3. The van der Waals surface area contributed by atoms with Crippen molar-refractivity contribution >= 4 is 0 Å². The molecule has 1 unspecified atom stereocenters. The van der Waals surface area contributed by atoms with E-state index in [0.717, 1.165) is 19.8 Å². The van der Waals surface area contributed by atoms with Crippen LogP contribution in [0.4, 0.5) is 0 Å². The average molecular weight is 256 g/mol. The largest absolute Gasteiger partial charge is 0.379 e. The minimum atomic E-state index is 0.589. The predicted octanol–water partition coefficient (Wildman–Crippen LogP) is 2.61. The van der Waals surface area contributed by atoms with Gasteiger partial charge in [-0.1, -0.05) is 19.8 Å². The van der Waals surface area contributed by atoms with Crippen LogP contribution in [0.15, 0.2) is 0 Å². The van der Waals surface area contributed by atoms with Gasteiger partial charge in [0.05, 0.1) is 13.2 Å². The third kappa shape index (κ3) is 6.72. The third-order valence-electron chi connectivity index (χ3n) is 3.88. The molecule has 1 rings (SSSR count). The zero-order chi connectivity index (χ0) is 13.2. The van der Waals surface area contributed by atoms with Crippen LogP contribution >= 0.6 is 0 Å². The molecule has 1 fully saturated rings. The van der Waals surface area contributed by atoms with Gasteiger partial charge in [0.15, 0.2) is 0 Å². The van der Waals surface area contributed by atoms with Crippen molar-refractivity contribution in [2.75, 3.05) is 46.4 Å². The van der Waals surface area contributed by atoms with Crippen molar-refractivity contribution in [3.8, 4) is 0 Å². The molecule has 1 aliphatic heterocycles. The van der Waals surface area contributed by atoms with Crippen molar-refractivity contribution in [2.24, 2.45) is 0 Å². The second kappa shape index (κ2) is 9.76. The van der Waals surface area contributed by atoms with Gasteiger partial charge in [0.2, 0.25) is 0 Å². The molecule has 1 heterocycles. The molecule has 1 aliphatic rings. The number of rotatable bonds is 9. The summed E-state index contributed by atoms with van der Waals surface area (Å²) in [5.74, 6) is 0. The van der Waals surface area contributed by atoms with E-state index in [2.05, 4.69) is 30.7 Å². The van der Waals surface area contributed by atoms with E-state index >= 15 is 0 Å². The molecule has 0 aromatic rings. The van der Waals surface area contributed by atoms with Gasteiger partial charge < -0.3 is 9.64 Å². The summed E-state index contributed by atoms with van der Waals surface area (Å²) in [6, 6.07) is 0.589. The molecule has 1 atom stereocenters. The lowest BCUT2D eigenvalue weighted by Crippen LogP contribution is -2.40. The van der Waals surface area contributed by atoms with Gasteiger partial charge in [-0.15, -0.1) is 0 Å². The first-order chi connectivity index (χ1) is 8.74. The minimum absolute atomic E-state index is 0.589. The van der Waals surface area contributed by atoms with Crippen molar-refractivity contribution < 1.29 is 4.74 Å². The lowest BCUT2D eigenvalue weighted by atomic mass is 10.1. The van der Waals surface area contributed by atoms with Crippen LogP contribution in [0.1, 0.15) is 46.0 Å². The van der Waals surface area contributed by atoms with E-state index < -0.39 is 0 Å². The van der Waals surface area contributed by atoms with Crippen LogP contribution in [-0.2, 0) is 4.74 Å². The van der Waals surface area contributed by atoms with E-state index in [9.17, 15) is 0 Å². The fourth-order valence-electron chi connectivity index (χ4n) is 2.48. The van der Waals surface area contributed by atoms with E-state index in [1.807, 2.05) is 0 Å². The number of unbranched alkanes of at least 4 members (excludes halogenated alkanes) is 1. The van der Waals surface area contributed by atoms with Crippen molar-refractivity contribution in [1.29, 1.82) is 0 Å². The Morgan fingerprint density at radius 1 is 1.17 bits per heavy atom. The first kappa shape index (κ1) is 15.9. The van der Waals surface area contributed by atoms with Gasteiger partial charge >= 0.3 is 0 Å². The summed E-state index contributed by atoms with van der Waals surface area (Å²) in [5.41, 5.74) is 0. The molecule has 0 spiro atoms. The smallest absolute Gasteiger partial charge is 0.0619 e. The van der Waals surface area contributed by atoms with Crippen LogP contribution in [-0.4, -0.2) is 62.3 Å². The van der Waals surface area contributed by atoms with Crippen LogP contribution in [0.5, 0.6) is 0 Å². The first-order valence-electron chi connectivity index (χ1n) is 7.74. The van der Waals surface area contributed by atoms with Gasteiger partial charge in [-0.2, -0.15) is 0 Å². The molecule has 0 bridgehead atoms. The molecule has 0 radical (unpaired) electrons. The number of likely N-dealkylation sites (tertiary alicyclic amines) is 1. The third-order valence-corrected chi connectivity index (χ3v) is 3.88. The molecule has 3 heteroatoms. The van der Waals surface area contributed by atoms with Gasteiger partial charge in [0.25, 0.3) is 0 Å². The highest BCUT2D eigenvalue weighted by atomic mass is 16.5. The molecule has 0 aromatic heterocycles. The number of hydrogen-bond acceptors (Lipinski definition) is 3. The van der Waals surface area contributed by atoms with Crippen LogP contribution in [0.25, 0.3) is 0 Å². The van der Waals surface area contributed by atoms with E-state index in [0.29, 0.717) is 6.04 Å².